The average Bonchev–Trinajstić information content (AvgIpc) is 2.65. The lowest BCUT2D eigenvalue weighted by molar-refractivity contribution is 0.391. The Balaban J connectivity index is 1.91. The van der Waals surface area contributed by atoms with Crippen molar-refractivity contribution in [3.05, 3.63) is 59.9 Å². The van der Waals surface area contributed by atoms with Crippen LogP contribution in [-0.4, -0.2) is 19.2 Å². The molecule has 0 atom stereocenters. The molecule has 0 aliphatic heterocycles. The highest BCUT2D eigenvalue weighted by Crippen LogP contribution is 2.28. The van der Waals surface area contributed by atoms with E-state index in [0.717, 1.165) is 33.5 Å². The largest absolute Gasteiger partial charge is 0.497 e. The summed E-state index contributed by atoms with van der Waals surface area (Å²) >= 11 is 0. The van der Waals surface area contributed by atoms with Gasteiger partial charge in [0.05, 0.1) is 26.1 Å². The quantitative estimate of drug-likeness (QED) is 0.776. The lowest BCUT2D eigenvalue weighted by Gasteiger charge is -2.13. The zero-order valence-electron chi connectivity index (χ0n) is 13.5. The van der Waals surface area contributed by atoms with Crippen LogP contribution < -0.4 is 14.8 Å². The van der Waals surface area contributed by atoms with E-state index in [1.165, 1.54) is 0 Å². The molecule has 3 rings (SSSR count). The van der Waals surface area contributed by atoms with E-state index in [4.69, 9.17) is 9.47 Å². The van der Waals surface area contributed by atoms with E-state index < -0.39 is 0 Å². The Bertz CT molecular complexity index is 916. The molecular formula is C19H17N3O2. The lowest BCUT2D eigenvalue weighted by atomic mass is 10.1. The minimum atomic E-state index is 0.429. The average molecular weight is 319 g/mol. The van der Waals surface area contributed by atoms with Crippen LogP contribution in [0.15, 0.2) is 48.7 Å². The first-order chi connectivity index (χ1) is 11.8. The number of hydrogen-bond donors (Lipinski definition) is 1. The molecule has 0 amide bonds. The highest BCUT2D eigenvalue weighted by atomic mass is 16.5. The second-order valence-corrected chi connectivity index (χ2v) is 5.21. The Labute approximate surface area is 140 Å². The van der Waals surface area contributed by atoms with E-state index in [9.17, 15) is 5.26 Å². The number of rotatable bonds is 5. The van der Waals surface area contributed by atoms with Gasteiger partial charge in [0.2, 0.25) is 0 Å². The van der Waals surface area contributed by atoms with Crippen LogP contribution in [0.2, 0.25) is 0 Å². The lowest BCUT2D eigenvalue weighted by Crippen LogP contribution is -2.03. The van der Waals surface area contributed by atoms with Crippen LogP contribution in [0.25, 0.3) is 10.8 Å². The van der Waals surface area contributed by atoms with Crippen LogP contribution in [0.4, 0.5) is 5.69 Å². The van der Waals surface area contributed by atoms with Crippen molar-refractivity contribution < 1.29 is 9.47 Å². The third kappa shape index (κ3) is 2.95. The molecular weight excluding hydrogens is 302 g/mol. The van der Waals surface area contributed by atoms with E-state index in [2.05, 4.69) is 16.4 Å². The fourth-order valence-corrected chi connectivity index (χ4v) is 2.61. The number of methoxy groups -OCH3 is 2. The van der Waals surface area contributed by atoms with E-state index >= 15 is 0 Å². The predicted molar refractivity (Wildman–Crippen MR) is 93.3 cm³/mol. The molecule has 0 saturated heterocycles. The van der Waals surface area contributed by atoms with E-state index in [1.54, 1.807) is 20.4 Å². The van der Waals surface area contributed by atoms with E-state index in [-0.39, 0.29) is 0 Å². The number of nitriles is 1. The third-order valence-electron chi connectivity index (χ3n) is 3.86. The first-order valence-corrected chi connectivity index (χ1v) is 7.49. The normalized spacial score (nSPS) is 10.2. The maximum atomic E-state index is 9.19. The summed E-state index contributed by atoms with van der Waals surface area (Å²) in [5.41, 5.74) is 2.31. The van der Waals surface area contributed by atoms with Crippen molar-refractivity contribution in [1.29, 1.82) is 5.26 Å². The molecule has 1 N–H and O–H groups in total. The van der Waals surface area contributed by atoms with Gasteiger partial charge in [-0.3, -0.25) is 0 Å². The maximum absolute atomic E-state index is 9.19. The Morgan fingerprint density at radius 3 is 2.58 bits per heavy atom. The summed E-state index contributed by atoms with van der Waals surface area (Å²) in [5, 5.41) is 14.4. The molecule has 5 nitrogen and oxygen atoms in total. The highest BCUT2D eigenvalue weighted by molar-refractivity contribution is 5.96. The van der Waals surface area contributed by atoms with Gasteiger partial charge in [-0.25, -0.2) is 4.98 Å². The molecule has 5 heteroatoms. The minimum Gasteiger partial charge on any atom is -0.497 e. The molecule has 1 aromatic heterocycles. The van der Waals surface area contributed by atoms with Crippen molar-refractivity contribution in [2.24, 2.45) is 0 Å². The molecule has 120 valence electrons. The molecule has 0 saturated carbocycles. The molecule has 0 bridgehead atoms. The summed E-state index contributed by atoms with van der Waals surface area (Å²) < 4.78 is 10.6. The molecule has 0 aliphatic carbocycles. The molecule has 0 spiro atoms. The number of nitrogens with zero attached hydrogens (tertiary/aromatic N) is 2. The summed E-state index contributed by atoms with van der Waals surface area (Å²) in [6, 6.07) is 15.6. The second kappa shape index (κ2) is 6.88. The SMILES string of the molecule is COc1ccc(CNc2cnc(C#N)c3ccccc23)c(OC)c1. The second-order valence-electron chi connectivity index (χ2n) is 5.21. The van der Waals surface area contributed by atoms with Gasteiger partial charge in [-0.2, -0.15) is 5.26 Å². The molecule has 2 aromatic carbocycles. The summed E-state index contributed by atoms with van der Waals surface area (Å²) in [6.07, 6.45) is 1.69. The minimum absolute atomic E-state index is 0.429. The van der Waals surface area contributed by atoms with E-state index in [1.807, 2.05) is 42.5 Å². The third-order valence-corrected chi connectivity index (χ3v) is 3.86. The number of aromatic nitrogens is 1. The summed E-state index contributed by atoms with van der Waals surface area (Å²) in [5.74, 6) is 1.51. The van der Waals surface area contributed by atoms with Crippen LogP contribution in [0, 0.1) is 11.3 Å². The van der Waals surface area contributed by atoms with Crippen molar-refractivity contribution in [2.45, 2.75) is 6.54 Å². The molecule has 24 heavy (non-hydrogen) atoms. The zero-order valence-corrected chi connectivity index (χ0v) is 13.5. The van der Waals surface area contributed by atoms with Gasteiger partial charge in [0, 0.05) is 28.9 Å². The van der Waals surface area contributed by atoms with Crippen LogP contribution in [0.5, 0.6) is 11.5 Å². The van der Waals surface area contributed by atoms with Crippen molar-refractivity contribution in [3.63, 3.8) is 0 Å². The smallest absolute Gasteiger partial charge is 0.148 e. The molecule has 1 heterocycles. The monoisotopic (exact) mass is 319 g/mol. The van der Waals surface area contributed by atoms with Gasteiger partial charge in [-0.15, -0.1) is 0 Å². The van der Waals surface area contributed by atoms with E-state index in [0.29, 0.717) is 12.2 Å². The van der Waals surface area contributed by atoms with Gasteiger partial charge in [0.25, 0.3) is 0 Å². The molecule has 0 radical (unpaired) electrons. The van der Waals surface area contributed by atoms with Gasteiger partial charge in [0.1, 0.15) is 23.3 Å². The number of fused-ring (bicyclic) bond motifs is 1. The summed E-state index contributed by atoms with van der Waals surface area (Å²) in [4.78, 5) is 4.23. The Kier molecular flexibility index (Phi) is 4.48. The first kappa shape index (κ1) is 15.6. The number of anilines is 1. The van der Waals surface area contributed by atoms with Crippen LogP contribution >= 0.6 is 0 Å². The van der Waals surface area contributed by atoms with Gasteiger partial charge in [0.15, 0.2) is 0 Å². The summed E-state index contributed by atoms with van der Waals surface area (Å²) in [7, 11) is 3.26. The maximum Gasteiger partial charge on any atom is 0.148 e. The van der Waals surface area contributed by atoms with Crippen molar-refractivity contribution in [1.82, 2.24) is 4.98 Å². The number of ether oxygens (including phenoxy) is 2. The van der Waals surface area contributed by atoms with Crippen LogP contribution in [0.3, 0.4) is 0 Å². The highest BCUT2D eigenvalue weighted by Gasteiger charge is 2.09. The topological polar surface area (TPSA) is 67.2 Å². The number of hydrogen-bond acceptors (Lipinski definition) is 5. The van der Waals surface area contributed by atoms with Crippen molar-refractivity contribution >= 4 is 16.5 Å². The molecule has 0 unspecified atom stereocenters. The Hall–Kier alpha value is -3.26. The van der Waals surface area contributed by atoms with Crippen LogP contribution in [0.1, 0.15) is 11.3 Å². The predicted octanol–water partition coefficient (Wildman–Crippen LogP) is 3.74. The number of pyridine rings is 1. The van der Waals surface area contributed by atoms with Gasteiger partial charge >= 0.3 is 0 Å². The molecule has 0 aliphatic rings. The number of benzene rings is 2. The van der Waals surface area contributed by atoms with Gasteiger partial charge in [-0.05, 0) is 12.1 Å². The van der Waals surface area contributed by atoms with Crippen LogP contribution in [-0.2, 0) is 6.54 Å². The standard InChI is InChI=1S/C19H17N3O2/c1-23-14-8-7-13(19(9-14)24-2)11-21-18-12-22-17(10-20)15-5-3-4-6-16(15)18/h3-9,12,21H,11H2,1-2H3. The fraction of sp³-hybridized carbons (Fsp3) is 0.158. The van der Waals surface area contributed by atoms with Crippen molar-refractivity contribution in [3.8, 4) is 17.6 Å². The number of nitrogens with one attached hydrogen (secondary N) is 1. The molecule has 3 aromatic rings. The van der Waals surface area contributed by atoms with Crippen molar-refractivity contribution in [2.75, 3.05) is 19.5 Å². The zero-order chi connectivity index (χ0) is 16.9. The Morgan fingerprint density at radius 2 is 1.88 bits per heavy atom. The summed E-state index contributed by atoms with van der Waals surface area (Å²) in [6.45, 7) is 0.574. The first-order valence-electron chi connectivity index (χ1n) is 7.49. The van der Waals surface area contributed by atoms with Gasteiger partial charge < -0.3 is 14.8 Å². The fourth-order valence-electron chi connectivity index (χ4n) is 2.61. The van der Waals surface area contributed by atoms with Gasteiger partial charge in [-0.1, -0.05) is 24.3 Å². The Morgan fingerprint density at radius 1 is 1.08 bits per heavy atom. The molecule has 0 fully saturated rings.